The minimum Gasteiger partial charge on any atom is -0.508 e. The maximum absolute atomic E-state index is 12.6. The number of allylic oxidation sites excluding steroid dienone is 6. The summed E-state index contributed by atoms with van der Waals surface area (Å²) in [5.41, 5.74) is 0.472. The van der Waals surface area contributed by atoms with Crippen LogP contribution in [0.4, 0.5) is 13.2 Å². The third kappa shape index (κ3) is 5.89. The number of aliphatic hydroxyl groups excluding tert-OH is 1. The van der Waals surface area contributed by atoms with Crippen molar-refractivity contribution in [2.24, 2.45) is 0 Å². The normalized spacial score (nSPS) is 12.9. The molecular weight excluding hydrogens is 341 g/mol. The summed E-state index contributed by atoms with van der Waals surface area (Å²) in [6.07, 6.45) is 6.05. The first-order valence-corrected chi connectivity index (χ1v) is 7.98. The first kappa shape index (κ1) is 21.2. The van der Waals surface area contributed by atoms with Gasteiger partial charge in [0, 0.05) is 11.1 Å². The van der Waals surface area contributed by atoms with Gasteiger partial charge in [0.25, 0.3) is 0 Å². The summed E-state index contributed by atoms with van der Waals surface area (Å²) in [5, 5.41) is 9.89. The molecule has 0 saturated carbocycles. The van der Waals surface area contributed by atoms with E-state index in [1.165, 1.54) is 18.2 Å². The molecule has 0 atom stereocenters. The van der Waals surface area contributed by atoms with Crippen molar-refractivity contribution in [1.82, 2.24) is 0 Å². The van der Waals surface area contributed by atoms with E-state index in [2.05, 4.69) is 6.58 Å². The van der Waals surface area contributed by atoms with E-state index in [0.717, 1.165) is 12.5 Å². The largest absolute Gasteiger partial charge is 0.508 e. The SMILES string of the molecule is C#C/C(=C\C=C/C(=C)c1cc(/C(O)=C/C)ccc1OCCC)C(F)(F)F. The lowest BCUT2D eigenvalue weighted by Crippen LogP contribution is -2.09. The van der Waals surface area contributed by atoms with Crippen LogP contribution in [0.25, 0.3) is 11.3 Å². The molecule has 0 fully saturated rings. The second-order valence-corrected chi connectivity index (χ2v) is 5.34. The number of ether oxygens (including phenoxy) is 1. The Bertz CT molecular complexity index is 775. The van der Waals surface area contributed by atoms with Gasteiger partial charge in [-0.25, -0.2) is 0 Å². The number of benzene rings is 1. The fourth-order valence-electron chi connectivity index (χ4n) is 2.02. The molecular formula is C21H21F3O2. The maximum Gasteiger partial charge on any atom is 0.424 e. The highest BCUT2D eigenvalue weighted by molar-refractivity contribution is 5.78. The molecule has 0 aromatic heterocycles. The first-order chi connectivity index (χ1) is 12.2. The molecule has 0 amide bonds. The summed E-state index contributed by atoms with van der Waals surface area (Å²) in [6, 6.07) is 5.06. The van der Waals surface area contributed by atoms with Gasteiger partial charge in [0.1, 0.15) is 17.1 Å². The minimum atomic E-state index is -4.58. The Labute approximate surface area is 152 Å². The topological polar surface area (TPSA) is 29.5 Å². The van der Waals surface area contributed by atoms with Crippen molar-refractivity contribution in [3.63, 3.8) is 0 Å². The number of halogens is 3. The van der Waals surface area contributed by atoms with Crippen LogP contribution in [-0.2, 0) is 0 Å². The molecule has 0 spiro atoms. The Kier molecular flexibility index (Phi) is 7.79. The van der Waals surface area contributed by atoms with Crippen LogP contribution in [0.15, 0.2) is 54.7 Å². The molecule has 0 aliphatic rings. The van der Waals surface area contributed by atoms with E-state index >= 15 is 0 Å². The van der Waals surface area contributed by atoms with Crippen LogP contribution in [-0.4, -0.2) is 17.9 Å². The number of alkyl halides is 3. The molecule has 0 bridgehead atoms. The molecule has 0 heterocycles. The van der Waals surface area contributed by atoms with Crippen molar-refractivity contribution in [1.29, 1.82) is 0 Å². The number of aliphatic hydroxyl groups is 1. The highest BCUT2D eigenvalue weighted by atomic mass is 19.4. The third-order valence-electron chi connectivity index (χ3n) is 3.38. The lowest BCUT2D eigenvalue weighted by molar-refractivity contribution is -0.0871. The summed E-state index contributed by atoms with van der Waals surface area (Å²) < 4.78 is 43.5. The minimum absolute atomic E-state index is 0.0802. The Morgan fingerprint density at radius 1 is 1.38 bits per heavy atom. The summed E-state index contributed by atoms with van der Waals surface area (Å²) >= 11 is 0. The molecule has 5 heteroatoms. The Hall–Kier alpha value is -2.87. The van der Waals surface area contributed by atoms with Crippen LogP contribution in [0.3, 0.4) is 0 Å². The average molecular weight is 362 g/mol. The Morgan fingerprint density at radius 2 is 2.08 bits per heavy atom. The molecule has 2 nitrogen and oxygen atoms in total. The van der Waals surface area contributed by atoms with E-state index in [9.17, 15) is 18.3 Å². The Balaban J connectivity index is 3.21. The van der Waals surface area contributed by atoms with Crippen molar-refractivity contribution in [2.45, 2.75) is 26.4 Å². The van der Waals surface area contributed by atoms with E-state index in [0.29, 0.717) is 29.1 Å². The second kappa shape index (κ2) is 9.57. The van der Waals surface area contributed by atoms with E-state index in [-0.39, 0.29) is 5.76 Å². The van der Waals surface area contributed by atoms with Gasteiger partial charge in [-0.2, -0.15) is 13.2 Å². The van der Waals surface area contributed by atoms with Crippen LogP contribution in [0, 0.1) is 12.3 Å². The lowest BCUT2D eigenvalue weighted by Gasteiger charge is -2.13. The molecule has 0 aliphatic carbocycles. The van der Waals surface area contributed by atoms with Gasteiger partial charge >= 0.3 is 6.18 Å². The van der Waals surface area contributed by atoms with Gasteiger partial charge in [-0.15, -0.1) is 6.42 Å². The number of terminal acetylenes is 1. The van der Waals surface area contributed by atoms with Crippen LogP contribution >= 0.6 is 0 Å². The highest BCUT2D eigenvalue weighted by Crippen LogP contribution is 2.30. The quantitative estimate of drug-likeness (QED) is 0.361. The zero-order valence-corrected chi connectivity index (χ0v) is 14.7. The lowest BCUT2D eigenvalue weighted by atomic mass is 10.0. The summed E-state index contributed by atoms with van der Waals surface area (Å²) in [7, 11) is 0. The molecule has 1 aromatic carbocycles. The van der Waals surface area contributed by atoms with Gasteiger partial charge in [0.2, 0.25) is 0 Å². The van der Waals surface area contributed by atoms with Gasteiger partial charge in [0.05, 0.1) is 6.61 Å². The Morgan fingerprint density at radius 3 is 2.62 bits per heavy atom. The smallest absolute Gasteiger partial charge is 0.424 e. The van der Waals surface area contributed by atoms with Crippen molar-refractivity contribution in [3.05, 3.63) is 65.8 Å². The van der Waals surface area contributed by atoms with Crippen LogP contribution in [0.5, 0.6) is 5.75 Å². The van der Waals surface area contributed by atoms with Gasteiger partial charge < -0.3 is 9.84 Å². The molecule has 0 radical (unpaired) electrons. The molecule has 1 N–H and O–H groups in total. The molecule has 0 unspecified atom stereocenters. The number of rotatable bonds is 7. The van der Waals surface area contributed by atoms with Crippen molar-refractivity contribution < 1.29 is 23.0 Å². The molecule has 1 aromatic rings. The van der Waals surface area contributed by atoms with Crippen LogP contribution in [0.1, 0.15) is 31.4 Å². The maximum atomic E-state index is 12.6. The second-order valence-electron chi connectivity index (χ2n) is 5.34. The summed E-state index contributed by atoms with van der Waals surface area (Å²) in [4.78, 5) is 0. The first-order valence-electron chi connectivity index (χ1n) is 7.98. The predicted molar refractivity (Wildman–Crippen MR) is 99.7 cm³/mol. The number of hydrogen-bond acceptors (Lipinski definition) is 2. The zero-order valence-electron chi connectivity index (χ0n) is 14.7. The monoisotopic (exact) mass is 362 g/mol. The molecule has 0 aliphatic heterocycles. The van der Waals surface area contributed by atoms with Gasteiger partial charge in [-0.3, -0.25) is 0 Å². The van der Waals surface area contributed by atoms with Crippen LogP contribution < -0.4 is 4.74 Å². The number of hydrogen-bond donors (Lipinski definition) is 1. The average Bonchev–Trinajstić information content (AvgIpc) is 2.61. The van der Waals surface area contributed by atoms with Crippen molar-refractivity contribution >= 4 is 11.3 Å². The molecule has 138 valence electrons. The van der Waals surface area contributed by atoms with E-state index < -0.39 is 11.7 Å². The molecule has 1 rings (SSSR count). The van der Waals surface area contributed by atoms with E-state index in [1.54, 1.807) is 31.0 Å². The summed E-state index contributed by atoms with van der Waals surface area (Å²) in [5.74, 6) is 2.23. The van der Waals surface area contributed by atoms with Gasteiger partial charge in [-0.05, 0) is 49.3 Å². The highest BCUT2D eigenvalue weighted by Gasteiger charge is 2.31. The van der Waals surface area contributed by atoms with E-state index in [1.807, 2.05) is 6.92 Å². The zero-order chi connectivity index (χ0) is 19.7. The van der Waals surface area contributed by atoms with Crippen molar-refractivity contribution in [2.75, 3.05) is 6.61 Å². The van der Waals surface area contributed by atoms with E-state index in [4.69, 9.17) is 11.2 Å². The molecule has 26 heavy (non-hydrogen) atoms. The van der Waals surface area contributed by atoms with Gasteiger partial charge in [-0.1, -0.05) is 31.6 Å². The fraction of sp³-hybridized carbons (Fsp3) is 0.238. The molecule has 0 saturated heterocycles. The fourth-order valence-corrected chi connectivity index (χ4v) is 2.02. The predicted octanol–water partition coefficient (Wildman–Crippen LogP) is 6.09. The van der Waals surface area contributed by atoms with Gasteiger partial charge in [0.15, 0.2) is 0 Å². The standard InChI is InChI=1S/C21H21F3O2/c1-5-13-26-20-12-11-16(19(25)7-3)14-18(20)15(4)9-8-10-17(6-2)21(22,23)24/h2,7-12,14,25H,4-5,13H2,1,3H3/b9-8-,17-10+,19-7-. The van der Waals surface area contributed by atoms with Crippen molar-refractivity contribution in [3.8, 4) is 18.1 Å². The summed E-state index contributed by atoms with van der Waals surface area (Å²) in [6.45, 7) is 8.00. The third-order valence-corrected chi connectivity index (χ3v) is 3.38. The van der Waals surface area contributed by atoms with Crippen LogP contribution in [0.2, 0.25) is 0 Å².